The molecule has 0 saturated heterocycles. The van der Waals surface area contributed by atoms with E-state index in [1.807, 2.05) is 0 Å². The Morgan fingerprint density at radius 2 is 1.86 bits per heavy atom. The molecule has 0 heterocycles. The van der Waals surface area contributed by atoms with Crippen molar-refractivity contribution in [1.82, 2.24) is 0 Å². The van der Waals surface area contributed by atoms with Crippen molar-refractivity contribution in [3.8, 4) is 11.5 Å². The number of halogens is 1. The predicted octanol–water partition coefficient (Wildman–Crippen LogP) is 3.73. The molecule has 0 aliphatic heterocycles. The lowest BCUT2D eigenvalue weighted by molar-refractivity contribution is -0.134. The third-order valence-electron chi connectivity index (χ3n) is 3.91. The Morgan fingerprint density at radius 3 is 2.50 bits per heavy atom. The smallest absolute Gasteiger partial charge is 0.330 e. The monoisotopic (exact) mass is 387 g/mol. The quantitative estimate of drug-likeness (QED) is 0.579. The van der Waals surface area contributed by atoms with E-state index in [4.69, 9.17) is 9.47 Å². The van der Waals surface area contributed by atoms with Crippen LogP contribution < -0.4 is 14.8 Å². The van der Waals surface area contributed by atoms with Gasteiger partial charge in [-0.2, -0.15) is 0 Å². The molecule has 0 aliphatic carbocycles. The van der Waals surface area contributed by atoms with Crippen molar-refractivity contribution >= 4 is 23.6 Å². The molecule has 0 fully saturated rings. The van der Waals surface area contributed by atoms with Crippen LogP contribution in [0.15, 0.2) is 42.5 Å². The molecule has 2 aromatic carbocycles. The maximum atomic E-state index is 13.6. The molecule has 1 amide bonds. The van der Waals surface area contributed by atoms with Gasteiger partial charge >= 0.3 is 5.97 Å². The van der Waals surface area contributed by atoms with Crippen LogP contribution in [0.25, 0.3) is 6.08 Å². The Kier molecular flexibility index (Phi) is 7.14. The molecular formula is C21H22FNO5. The van der Waals surface area contributed by atoms with Crippen molar-refractivity contribution in [3.63, 3.8) is 0 Å². The fraction of sp³-hybridized carbons (Fsp3) is 0.238. The Labute approximate surface area is 162 Å². The molecule has 1 atom stereocenters. The van der Waals surface area contributed by atoms with Gasteiger partial charge in [-0.3, -0.25) is 4.79 Å². The average molecular weight is 387 g/mol. The number of methoxy groups -OCH3 is 2. The number of anilines is 1. The van der Waals surface area contributed by atoms with E-state index in [1.165, 1.54) is 26.4 Å². The van der Waals surface area contributed by atoms with Crippen molar-refractivity contribution in [2.24, 2.45) is 0 Å². The number of hydrogen-bond acceptors (Lipinski definition) is 5. The molecule has 0 spiro atoms. The summed E-state index contributed by atoms with van der Waals surface area (Å²) in [5.41, 5.74) is 1.54. The number of carbonyl (C=O) groups is 2. The van der Waals surface area contributed by atoms with Crippen molar-refractivity contribution in [1.29, 1.82) is 0 Å². The second-order valence-electron chi connectivity index (χ2n) is 5.98. The highest BCUT2D eigenvalue weighted by Gasteiger charge is 2.17. The SMILES string of the molecule is COC(=O)C=Cc1ccc(OC(C)C(=O)Nc2ccc(C)c(F)c2)c(OC)c1. The van der Waals surface area contributed by atoms with Gasteiger partial charge in [-0.25, -0.2) is 9.18 Å². The van der Waals surface area contributed by atoms with E-state index >= 15 is 0 Å². The zero-order valence-corrected chi connectivity index (χ0v) is 16.1. The largest absolute Gasteiger partial charge is 0.493 e. The molecule has 0 aromatic heterocycles. The molecule has 148 valence electrons. The number of ether oxygens (including phenoxy) is 3. The summed E-state index contributed by atoms with van der Waals surface area (Å²) in [4.78, 5) is 23.5. The van der Waals surface area contributed by atoms with Gasteiger partial charge in [-0.1, -0.05) is 12.1 Å². The van der Waals surface area contributed by atoms with Crippen LogP contribution in [0.5, 0.6) is 11.5 Å². The summed E-state index contributed by atoms with van der Waals surface area (Å²) in [6, 6.07) is 9.45. The summed E-state index contributed by atoms with van der Waals surface area (Å²) in [5.74, 6) is -0.552. The molecule has 0 radical (unpaired) electrons. The van der Waals surface area contributed by atoms with Gasteiger partial charge < -0.3 is 19.5 Å². The zero-order chi connectivity index (χ0) is 20.7. The van der Waals surface area contributed by atoms with E-state index in [9.17, 15) is 14.0 Å². The molecule has 2 rings (SSSR count). The molecule has 0 bridgehead atoms. The third kappa shape index (κ3) is 5.57. The van der Waals surface area contributed by atoms with Crippen molar-refractivity contribution < 1.29 is 28.2 Å². The highest BCUT2D eigenvalue weighted by molar-refractivity contribution is 5.94. The summed E-state index contributed by atoms with van der Waals surface area (Å²) in [7, 11) is 2.76. The van der Waals surface area contributed by atoms with E-state index < -0.39 is 23.8 Å². The molecule has 0 aliphatic rings. The maximum Gasteiger partial charge on any atom is 0.330 e. The molecule has 0 saturated carbocycles. The van der Waals surface area contributed by atoms with Crippen molar-refractivity contribution in [2.75, 3.05) is 19.5 Å². The van der Waals surface area contributed by atoms with Gasteiger partial charge in [0.25, 0.3) is 5.91 Å². The topological polar surface area (TPSA) is 73.9 Å². The van der Waals surface area contributed by atoms with Gasteiger partial charge in [-0.15, -0.1) is 0 Å². The lowest BCUT2D eigenvalue weighted by Gasteiger charge is -2.17. The zero-order valence-electron chi connectivity index (χ0n) is 16.1. The normalized spacial score (nSPS) is 11.8. The van der Waals surface area contributed by atoms with Gasteiger partial charge in [-0.05, 0) is 55.3 Å². The van der Waals surface area contributed by atoms with Crippen molar-refractivity contribution in [3.05, 3.63) is 59.4 Å². The number of nitrogens with one attached hydrogen (secondary N) is 1. The van der Waals surface area contributed by atoms with E-state index in [-0.39, 0.29) is 0 Å². The summed E-state index contributed by atoms with van der Waals surface area (Å²) in [5, 5.41) is 2.61. The van der Waals surface area contributed by atoms with Crippen LogP contribution in [0.3, 0.4) is 0 Å². The average Bonchev–Trinajstić information content (AvgIpc) is 2.69. The van der Waals surface area contributed by atoms with Crippen LogP contribution in [0.4, 0.5) is 10.1 Å². The van der Waals surface area contributed by atoms with Gasteiger partial charge in [0, 0.05) is 11.8 Å². The third-order valence-corrected chi connectivity index (χ3v) is 3.91. The van der Waals surface area contributed by atoms with E-state index in [0.29, 0.717) is 28.3 Å². The number of carbonyl (C=O) groups excluding carboxylic acids is 2. The first kappa shape index (κ1) is 21.0. The van der Waals surface area contributed by atoms with Crippen molar-refractivity contribution in [2.45, 2.75) is 20.0 Å². The maximum absolute atomic E-state index is 13.6. The Bertz CT molecular complexity index is 894. The van der Waals surface area contributed by atoms with Crippen LogP contribution in [-0.2, 0) is 14.3 Å². The molecule has 6 nitrogen and oxygen atoms in total. The molecule has 1 unspecified atom stereocenters. The number of rotatable bonds is 7. The number of hydrogen-bond donors (Lipinski definition) is 1. The molecule has 7 heteroatoms. The number of benzene rings is 2. The van der Waals surface area contributed by atoms with Crippen LogP contribution in [0.2, 0.25) is 0 Å². The Hall–Kier alpha value is -3.35. The number of esters is 1. The van der Waals surface area contributed by atoms with Gasteiger partial charge in [0.2, 0.25) is 0 Å². The van der Waals surface area contributed by atoms with Gasteiger partial charge in [0.15, 0.2) is 17.6 Å². The standard InChI is InChI=1S/C21H22FNO5/c1-13-5-8-16(12-17(13)22)23-21(25)14(2)28-18-9-6-15(11-19(18)26-3)7-10-20(24)27-4/h5-12,14H,1-4H3,(H,23,25). The van der Waals surface area contributed by atoms with Crippen LogP contribution in [0.1, 0.15) is 18.1 Å². The molecular weight excluding hydrogens is 365 g/mol. The van der Waals surface area contributed by atoms with Crippen LogP contribution in [0, 0.1) is 12.7 Å². The summed E-state index contributed by atoms with van der Waals surface area (Å²) in [6.45, 7) is 3.22. The fourth-order valence-electron chi connectivity index (χ4n) is 2.28. The summed E-state index contributed by atoms with van der Waals surface area (Å²) >= 11 is 0. The first-order valence-corrected chi connectivity index (χ1v) is 8.51. The fourth-order valence-corrected chi connectivity index (χ4v) is 2.28. The molecule has 28 heavy (non-hydrogen) atoms. The first-order chi connectivity index (χ1) is 13.3. The highest BCUT2D eigenvalue weighted by atomic mass is 19.1. The van der Waals surface area contributed by atoms with Gasteiger partial charge in [0.05, 0.1) is 14.2 Å². The van der Waals surface area contributed by atoms with E-state index in [2.05, 4.69) is 10.1 Å². The Morgan fingerprint density at radius 1 is 1.11 bits per heavy atom. The molecule has 2 aromatic rings. The minimum Gasteiger partial charge on any atom is -0.493 e. The highest BCUT2D eigenvalue weighted by Crippen LogP contribution is 2.29. The second kappa shape index (κ2) is 9.55. The second-order valence-corrected chi connectivity index (χ2v) is 5.98. The number of amides is 1. The van der Waals surface area contributed by atoms with Crippen LogP contribution in [-0.4, -0.2) is 32.2 Å². The van der Waals surface area contributed by atoms with E-state index in [0.717, 1.165) is 0 Å². The minimum absolute atomic E-state index is 0.346. The lowest BCUT2D eigenvalue weighted by atomic mass is 10.2. The predicted molar refractivity (Wildman–Crippen MR) is 104 cm³/mol. The Balaban J connectivity index is 2.08. The first-order valence-electron chi connectivity index (χ1n) is 8.51. The van der Waals surface area contributed by atoms with Crippen LogP contribution >= 0.6 is 0 Å². The minimum atomic E-state index is -0.852. The number of aryl methyl sites for hydroxylation is 1. The lowest BCUT2D eigenvalue weighted by Crippen LogP contribution is -2.30. The van der Waals surface area contributed by atoms with Gasteiger partial charge in [0.1, 0.15) is 5.82 Å². The van der Waals surface area contributed by atoms with E-state index in [1.54, 1.807) is 50.3 Å². The molecule has 1 N–H and O–H groups in total. The summed E-state index contributed by atoms with van der Waals surface area (Å²) in [6.07, 6.45) is 2.00. The summed E-state index contributed by atoms with van der Waals surface area (Å²) < 4.78 is 29.1.